The van der Waals surface area contributed by atoms with Crippen LogP contribution in [0.4, 0.5) is 4.39 Å². The molecule has 1 aromatic rings. The number of aromatic nitrogens is 1. The summed E-state index contributed by atoms with van der Waals surface area (Å²) in [6.07, 6.45) is 2.76. The van der Waals surface area contributed by atoms with Crippen LogP contribution in [-0.2, 0) is 0 Å². The van der Waals surface area contributed by atoms with Crippen LogP contribution in [-0.4, -0.2) is 17.6 Å². The molecule has 0 saturated carbocycles. The van der Waals surface area contributed by atoms with E-state index < -0.39 is 6.86 Å². The van der Waals surface area contributed by atoms with E-state index >= 15 is 0 Å². The molecule has 64 valence electrons. The summed E-state index contributed by atoms with van der Waals surface area (Å²) < 4.78 is 16.2. The fraction of sp³-hybridized carbons (Fsp3) is 0.250. The highest BCUT2D eigenvalue weighted by molar-refractivity contribution is 5.94. The van der Waals surface area contributed by atoms with E-state index in [-0.39, 0.29) is 11.5 Å². The number of alkyl halides is 1. The van der Waals surface area contributed by atoms with Crippen molar-refractivity contribution in [1.29, 1.82) is 0 Å². The van der Waals surface area contributed by atoms with Gasteiger partial charge in [-0.25, -0.2) is 4.39 Å². The summed E-state index contributed by atoms with van der Waals surface area (Å²) >= 11 is 0. The number of nitrogens with zero attached hydrogens (tertiary/aromatic N) is 1. The monoisotopic (exact) mass is 169 g/mol. The SMILES string of the molecule is CC(=O)c1cncc(OCF)c1. The first-order valence-corrected chi connectivity index (χ1v) is 3.39. The lowest BCUT2D eigenvalue weighted by molar-refractivity contribution is 0.101. The first kappa shape index (κ1) is 8.64. The molecule has 0 amide bonds. The summed E-state index contributed by atoms with van der Waals surface area (Å²) in [4.78, 5) is 14.5. The number of hydrogen-bond donors (Lipinski definition) is 0. The molecule has 0 radical (unpaired) electrons. The molecule has 3 nitrogen and oxygen atoms in total. The number of rotatable bonds is 3. The number of hydrogen-bond acceptors (Lipinski definition) is 3. The summed E-state index contributed by atoms with van der Waals surface area (Å²) in [6.45, 7) is 0.499. The van der Waals surface area contributed by atoms with Crippen LogP contribution in [0.15, 0.2) is 18.5 Å². The Morgan fingerprint density at radius 1 is 1.67 bits per heavy atom. The molecule has 1 rings (SSSR count). The van der Waals surface area contributed by atoms with Crippen molar-refractivity contribution in [2.45, 2.75) is 6.92 Å². The van der Waals surface area contributed by atoms with Gasteiger partial charge in [0.25, 0.3) is 0 Å². The highest BCUT2D eigenvalue weighted by atomic mass is 19.1. The van der Waals surface area contributed by atoms with E-state index in [1.54, 1.807) is 0 Å². The number of pyridine rings is 1. The molecule has 0 fully saturated rings. The van der Waals surface area contributed by atoms with Crippen LogP contribution in [0, 0.1) is 0 Å². The Morgan fingerprint density at radius 3 is 3.00 bits per heavy atom. The molecule has 0 spiro atoms. The Hall–Kier alpha value is -1.45. The lowest BCUT2D eigenvalue weighted by Gasteiger charge is -2.00. The smallest absolute Gasteiger partial charge is 0.228 e. The van der Waals surface area contributed by atoms with Crippen molar-refractivity contribution in [2.24, 2.45) is 0 Å². The number of halogens is 1. The maximum atomic E-state index is 11.7. The lowest BCUT2D eigenvalue weighted by Crippen LogP contribution is -1.96. The zero-order chi connectivity index (χ0) is 8.97. The fourth-order valence-electron chi connectivity index (χ4n) is 0.753. The third-order valence-electron chi connectivity index (χ3n) is 1.34. The minimum Gasteiger partial charge on any atom is -0.461 e. The summed E-state index contributed by atoms with van der Waals surface area (Å²) in [5.74, 6) is 0.150. The molecule has 0 aliphatic rings. The van der Waals surface area contributed by atoms with Gasteiger partial charge in [-0.1, -0.05) is 0 Å². The quantitative estimate of drug-likeness (QED) is 0.645. The van der Waals surface area contributed by atoms with Crippen molar-refractivity contribution < 1.29 is 13.9 Å². The molecule has 0 aliphatic carbocycles. The van der Waals surface area contributed by atoms with Gasteiger partial charge in [0.05, 0.1) is 6.20 Å². The molecule has 1 aromatic heterocycles. The Bertz CT molecular complexity index is 288. The number of ether oxygens (including phenoxy) is 1. The summed E-state index contributed by atoms with van der Waals surface area (Å²) in [7, 11) is 0. The van der Waals surface area contributed by atoms with Gasteiger partial charge in [0.15, 0.2) is 5.78 Å². The predicted octanol–water partition coefficient (Wildman–Crippen LogP) is 1.59. The second-order valence-electron chi connectivity index (χ2n) is 2.22. The fourth-order valence-corrected chi connectivity index (χ4v) is 0.753. The maximum absolute atomic E-state index is 11.7. The highest BCUT2D eigenvalue weighted by Gasteiger charge is 2.01. The number of carbonyl (C=O) groups excluding carboxylic acids is 1. The molecule has 1 heterocycles. The molecule has 0 aliphatic heterocycles. The Balaban J connectivity index is 2.88. The molecule has 4 heteroatoms. The molecule has 12 heavy (non-hydrogen) atoms. The Morgan fingerprint density at radius 2 is 2.42 bits per heavy atom. The van der Waals surface area contributed by atoms with E-state index in [0.717, 1.165) is 0 Å². The molecule has 0 aromatic carbocycles. The molecule has 0 bridgehead atoms. The van der Waals surface area contributed by atoms with Crippen molar-refractivity contribution >= 4 is 5.78 Å². The molecular weight excluding hydrogens is 161 g/mol. The van der Waals surface area contributed by atoms with Gasteiger partial charge in [0, 0.05) is 11.8 Å². The van der Waals surface area contributed by atoms with Gasteiger partial charge < -0.3 is 4.74 Å². The molecule has 0 N–H and O–H groups in total. The van der Waals surface area contributed by atoms with Crippen molar-refractivity contribution in [1.82, 2.24) is 4.98 Å². The largest absolute Gasteiger partial charge is 0.461 e. The van der Waals surface area contributed by atoms with E-state index in [4.69, 9.17) is 0 Å². The first-order valence-electron chi connectivity index (χ1n) is 3.39. The van der Waals surface area contributed by atoms with Gasteiger partial charge in [-0.2, -0.15) is 0 Å². The third kappa shape index (κ3) is 2.02. The van der Waals surface area contributed by atoms with Gasteiger partial charge in [0.2, 0.25) is 6.86 Å². The molecular formula is C8H8FNO2. The second kappa shape index (κ2) is 3.80. The van der Waals surface area contributed by atoms with Crippen molar-refractivity contribution in [3.8, 4) is 5.75 Å². The standard InChI is InChI=1S/C8H8FNO2/c1-6(11)7-2-8(12-5-9)4-10-3-7/h2-4H,5H2,1H3. The van der Waals surface area contributed by atoms with Gasteiger partial charge in [-0.05, 0) is 13.0 Å². The third-order valence-corrected chi connectivity index (χ3v) is 1.34. The maximum Gasteiger partial charge on any atom is 0.228 e. The van der Waals surface area contributed by atoms with E-state index in [0.29, 0.717) is 5.56 Å². The van der Waals surface area contributed by atoms with Crippen LogP contribution >= 0.6 is 0 Å². The minimum absolute atomic E-state index is 0.119. The highest BCUT2D eigenvalue weighted by Crippen LogP contribution is 2.11. The molecule has 0 unspecified atom stereocenters. The number of carbonyl (C=O) groups is 1. The van der Waals surface area contributed by atoms with Crippen molar-refractivity contribution in [2.75, 3.05) is 6.86 Å². The predicted molar refractivity (Wildman–Crippen MR) is 40.8 cm³/mol. The normalized spacial score (nSPS) is 9.50. The average Bonchev–Trinajstić information content (AvgIpc) is 2.05. The number of Topliss-reactive ketones (excluding diaryl/α,β-unsaturated/α-hetero) is 1. The summed E-state index contributed by atoms with van der Waals surface area (Å²) in [5.41, 5.74) is 0.418. The first-order chi connectivity index (χ1) is 5.74. The van der Waals surface area contributed by atoms with Crippen LogP contribution in [0.1, 0.15) is 17.3 Å². The molecule has 0 atom stereocenters. The Kier molecular flexibility index (Phi) is 2.74. The van der Waals surface area contributed by atoms with Gasteiger partial charge in [-0.3, -0.25) is 9.78 Å². The average molecular weight is 169 g/mol. The zero-order valence-corrected chi connectivity index (χ0v) is 6.58. The van der Waals surface area contributed by atoms with E-state index in [1.165, 1.54) is 25.4 Å². The Labute approximate surface area is 69.2 Å². The van der Waals surface area contributed by atoms with Crippen LogP contribution in [0.5, 0.6) is 5.75 Å². The molecule has 0 saturated heterocycles. The summed E-state index contributed by atoms with van der Waals surface area (Å²) in [5, 5.41) is 0. The topological polar surface area (TPSA) is 39.2 Å². The van der Waals surface area contributed by atoms with Gasteiger partial charge in [-0.15, -0.1) is 0 Å². The minimum atomic E-state index is -0.914. The van der Waals surface area contributed by atoms with E-state index in [9.17, 15) is 9.18 Å². The van der Waals surface area contributed by atoms with Crippen molar-refractivity contribution in [3.05, 3.63) is 24.0 Å². The van der Waals surface area contributed by atoms with Gasteiger partial charge in [0.1, 0.15) is 5.75 Å². The second-order valence-corrected chi connectivity index (χ2v) is 2.22. The van der Waals surface area contributed by atoms with Crippen LogP contribution < -0.4 is 4.74 Å². The van der Waals surface area contributed by atoms with Crippen LogP contribution in [0.3, 0.4) is 0 Å². The zero-order valence-electron chi connectivity index (χ0n) is 6.58. The van der Waals surface area contributed by atoms with Crippen LogP contribution in [0.2, 0.25) is 0 Å². The lowest BCUT2D eigenvalue weighted by atomic mass is 10.2. The number of ketones is 1. The van der Waals surface area contributed by atoms with E-state index in [2.05, 4.69) is 9.72 Å². The van der Waals surface area contributed by atoms with Gasteiger partial charge >= 0.3 is 0 Å². The summed E-state index contributed by atoms with van der Waals surface area (Å²) in [6, 6.07) is 1.45. The van der Waals surface area contributed by atoms with E-state index in [1.807, 2.05) is 0 Å². The van der Waals surface area contributed by atoms with Crippen LogP contribution in [0.25, 0.3) is 0 Å². The van der Waals surface area contributed by atoms with Crippen molar-refractivity contribution in [3.63, 3.8) is 0 Å².